The quantitative estimate of drug-likeness (QED) is 0.720. The van der Waals surface area contributed by atoms with Crippen molar-refractivity contribution in [3.63, 3.8) is 0 Å². The van der Waals surface area contributed by atoms with E-state index in [1.165, 1.54) is 51.0 Å². The molecule has 1 N–H and O–H groups in total. The van der Waals surface area contributed by atoms with Crippen LogP contribution >= 0.6 is 0 Å². The zero-order valence-corrected chi connectivity index (χ0v) is 18.1. The van der Waals surface area contributed by atoms with Gasteiger partial charge in [0.1, 0.15) is 0 Å². The summed E-state index contributed by atoms with van der Waals surface area (Å²) in [5.74, 6) is 2.51. The summed E-state index contributed by atoms with van der Waals surface area (Å²) in [7, 11) is 0. The van der Waals surface area contributed by atoms with E-state index in [1.807, 2.05) is 12.1 Å². The molecule has 3 rings (SSSR count). The molecule has 1 aromatic carbocycles. The van der Waals surface area contributed by atoms with Gasteiger partial charge in [0, 0.05) is 31.7 Å². The van der Waals surface area contributed by atoms with Crippen LogP contribution in [-0.4, -0.2) is 55.0 Å². The summed E-state index contributed by atoms with van der Waals surface area (Å²) in [5.41, 5.74) is 2.08. The zero-order chi connectivity index (χ0) is 19.9. The predicted molar refractivity (Wildman–Crippen MR) is 116 cm³/mol. The van der Waals surface area contributed by atoms with Crippen LogP contribution in [0.5, 0.6) is 0 Å². The first-order valence-electron chi connectivity index (χ1n) is 11.3. The Balaban J connectivity index is 1.36. The molecule has 0 bridgehead atoms. The zero-order valence-electron chi connectivity index (χ0n) is 18.1. The second kappa shape index (κ2) is 10.4. The first-order chi connectivity index (χ1) is 13.5. The molecule has 1 amide bonds. The lowest BCUT2D eigenvalue weighted by Gasteiger charge is -2.34. The summed E-state index contributed by atoms with van der Waals surface area (Å²) in [4.78, 5) is 17.5. The molecule has 0 unspecified atom stereocenters. The van der Waals surface area contributed by atoms with Crippen molar-refractivity contribution in [1.29, 1.82) is 0 Å². The molecule has 4 heteroatoms. The highest BCUT2D eigenvalue weighted by atomic mass is 16.1. The second-order valence-electron chi connectivity index (χ2n) is 9.47. The molecule has 0 saturated carbocycles. The molecular weight excluding hydrogens is 346 g/mol. The normalized spacial score (nSPS) is 25.0. The summed E-state index contributed by atoms with van der Waals surface area (Å²) in [6, 6.07) is 8.18. The van der Waals surface area contributed by atoms with E-state index < -0.39 is 0 Å². The van der Waals surface area contributed by atoms with Crippen molar-refractivity contribution in [2.45, 2.75) is 53.0 Å². The fourth-order valence-electron chi connectivity index (χ4n) is 4.82. The van der Waals surface area contributed by atoms with Crippen LogP contribution in [0.3, 0.4) is 0 Å². The van der Waals surface area contributed by atoms with Gasteiger partial charge in [-0.05, 0) is 80.8 Å². The van der Waals surface area contributed by atoms with Crippen LogP contribution in [0.4, 0.5) is 0 Å². The molecule has 2 saturated heterocycles. The minimum atomic E-state index is 0.0544. The van der Waals surface area contributed by atoms with Gasteiger partial charge in [0.05, 0.1) is 0 Å². The van der Waals surface area contributed by atoms with Gasteiger partial charge in [-0.25, -0.2) is 0 Å². The molecule has 2 aliphatic heterocycles. The third-order valence-electron chi connectivity index (χ3n) is 6.38. The van der Waals surface area contributed by atoms with Gasteiger partial charge in [0.2, 0.25) is 0 Å². The fraction of sp³-hybridized carbons (Fsp3) is 0.708. The second-order valence-corrected chi connectivity index (χ2v) is 9.47. The number of nitrogens with one attached hydrogen (secondary N) is 1. The van der Waals surface area contributed by atoms with Gasteiger partial charge in [-0.2, -0.15) is 0 Å². The van der Waals surface area contributed by atoms with Gasteiger partial charge in [-0.1, -0.05) is 32.9 Å². The van der Waals surface area contributed by atoms with Gasteiger partial charge >= 0.3 is 0 Å². The SMILES string of the molecule is CC1CCN(Cc2ccc(C(=O)NCCCN3C[C@H](C)C[C@H](C)C3)cc2)CC1. The third kappa shape index (κ3) is 6.59. The number of nitrogens with zero attached hydrogens (tertiary/aromatic N) is 2. The summed E-state index contributed by atoms with van der Waals surface area (Å²) < 4.78 is 0. The highest BCUT2D eigenvalue weighted by Gasteiger charge is 2.21. The molecule has 28 heavy (non-hydrogen) atoms. The van der Waals surface area contributed by atoms with Crippen molar-refractivity contribution in [3.8, 4) is 0 Å². The van der Waals surface area contributed by atoms with Crippen molar-refractivity contribution in [2.24, 2.45) is 17.8 Å². The van der Waals surface area contributed by atoms with Crippen LogP contribution in [0.25, 0.3) is 0 Å². The molecule has 2 fully saturated rings. The summed E-state index contributed by atoms with van der Waals surface area (Å²) >= 11 is 0. The van der Waals surface area contributed by atoms with Crippen molar-refractivity contribution < 1.29 is 4.79 Å². The van der Waals surface area contributed by atoms with Crippen LogP contribution in [0.1, 0.15) is 62.4 Å². The maximum absolute atomic E-state index is 12.4. The number of piperidine rings is 2. The van der Waals surface area contributed by atoms with Crippen LogP contribution in [0.15, 0.2) is 24.3 Å². The van der Waals surface area contributed by atoms with Crippen molar-refractivity contribution in [3.05, 3.63) is 35.4 Å². The summed E-state index contributed by atoms with van der Waals surface area (Å²) in [6.07, 6.45) is 4.97. The van der Waals surface area contributed by atoms with E-state index in [4.69, 9.17) is 0 Å². The molecular formula is C24H39N3O. The number of benzene rings is 1. The lowest BCUT2D eigenvalue weighted by molar-refractivity contribution is 0.0947. The molecule has 2 heterocycles. The number of rotatable bonds is 7. The Labute approximate surface area is 171 Å². The number of hydrogen-bond acceptors (Lipinski definition) is 3. The van der Waals surface area contributed by atoms with Crippen LogP contribution in [0, 0.1) is 17.8 Å². The van der Waals surface area contributed by atoms with E-state index in [-0.39, 0.29) is 5.91 Å². The number of carbonyl (C=O) groups is 1. The predicted octanol–water partition coefficient (Wildman–Crippen LogP) is 4.02. The van der Waals surface area contributed by atoms with Gasteiger partial charge < -0.3 is 10.2 Å². The molecule has 0 spiro atoms. The molecule has 0 radical (unpaired) electrons. The standard InChI is InChI=1S/C24H39N3O/c1-19-9-13-26(14-10-19)18-22-5-7-23(8-6-22)24(28)25-11-4-12-27-16-20(2)15-21(3)17-27/h5-8,19-21H,4,9-18H2,1-3H3,(H,25,28)/t20-,21+. The molecule has 2 aliphatic rings. The molecule has 156 valence electrons. The Morgan fingerprint density at radius 2 is 1.61 bits per heavy atom. The smallest absolute Gasteiger partial charge is 0.251 e. The molecule has 0 aliphatic carbocycles. The summed E-state index contributed by atoms with van der Waals surface area (Å²) in [5, 5.41) is 3.09. The van der Waals surface area contributed by atoms with E-state index in [2.05, 4.69) is 48.0 Å². The van der Waals surface area contributed by atoms with Crippen molar-refractivity contribution in [2.75, 3.05) is 39.3 Å². The molecule has 4 nitrogen and oxygen atoms in total. The van der Waals surface area contributed by atoms with Gasteiger partial charge in [-0.15, -0.1) is 0 Å². The van der Waals surface area contributed by atoms with E-state index in [0.717, 1.165) is 49.4 Å². The molecule has 2 atom stereocenters. The first-order valence-corrected chi connectivity index (χ1v) is 11.3. The average molecular weight is 386 g/mol. The Morgan fingerprint density at radius 1 is 0.964 bits per heavy atom. The van der Waals surface area contributed by atoms with Crippen molar-refractivity contribution >= 4 is 5.91 Å². The third-order valence-corrected chi connectivity index (χ3v) is 6.38. The Kier molecular flexibility index (Phi) is 7.92. The van der Waals surface area contributed by atoms with Crippen LogP contribution in [-0.2, 0) is 6.54 Å². The monoisotopic (exact) mass is 385 g/mol. The van der Waals surface area contributed by atoms with E-state index in [9.17, 15) is 4.79 Å². The largest absolute Gasteiger partial charge is 0.352 e. The number of likely N-dealkylation sites (tertiary alicyclic amines) is 2. The fourth-order valence-corrected chi connectivity index (χ4v) is 4.82. The number of carbonyl (C=O) groups excluding carboxylic acids is 1. The number of amides is 1. The van der Waals surface area contributed by atoms with Gasteiger partial charge in [-0.3, -0.25) is 9.69 Å². The highest BCUT2D eigenvalue weighted by Crippen LogP contribution is 2.21. The van der Waals surface area contributed by atoms with Gasteiger partial charge in [0.25, 0.3) is 5.91 Å². The van der Waals surface area contributed by atoms with E-state index in [0.29, 0.717) is 0 Å². The average Bonchev–Trinajstić information content (AvgIpc) is 2.67. The number of hydrogen-bond donors (Lipinski definition) is 1. The van der Waals surface area contributed by atoms with Crippen molar-refractivity contribution in [1.82, 2.24) is 15.1 Å². The lowest BCUT2D eigenvalue weighted by Crippen LogP contribution is -2.40. The van der Waals surface area contributed by atoms with Crippen LogP contribution in [0.2, 0.25) is 0 Å². The minimum Gasteiger partial charge on any atom is -0.352 e. The topological polar surface area (TPSA) is 35.6 Å². The Morgan fingerprint density at radius 3 is 2.25 bits per heavy atom. The van der Waals surface area contributed by atoms with Crippen LogP contribution < -0.4 is 5.32 Å². The van der Waals surface area contributed by atoms with Gasteiger partial charge in [0.15, 0.2) is 0 Å². The molecule has 1 aromatic rings. The Bertz CT molecular complexity index is 597. The highest BCUT2D eigenvalue weighted by molar-refractivity contribution is 5.94. The minimum absolute atomic E-state index is 0.0544. The molecule has 0 aromatic heterocycles. The maximum Gasteiger partial charge on any atom is 0.251 e. The lowest BCUT2D eigenvalue weighted by atomic mass is 9.92. The first kappa shape index (κ1) is 21.3. The Hall–Kier alpha value is -1.39. The van der Waals surface area contributed by atoms with E-state index >= 15 is 0 Å². The maximum atomic E-state index is 12.4. The summed E-state index contributed by atoms with van der Waals surface area (Å²) in [6.45, 7) is 14.7. The van der Waals surface area contributed by atoms with E-state index in [1.54, 1.807) is 0 Å².